The van der Waals surface area contributed by atoms with Crippen molar-refractivity contribution in [3.8, 4) is 11.9 Å². The van der Waals surface area contributed by atoms with E-state index in [4.69, 9.17) is 4.74 Å². The summed E-state index contributed by atoms with van der Waals surface area (Å²) in [5.41, 5.74) is 0.0947. The minimum absolute atomic E-state index is 0. The van der Waals surface area contributed by atoms with Crippen molar-refractivity contribution in [2.24, 2.45) is 5.18 Å². The number of rotatable bonds is 12. The molecule has 3 atom stereocenters. The van der Waals surface area contributed by atoms with E-state index in [0.29, 0.717) is 23.7 Å². The Bertz CT molecular complexity index is 1470. The van der Waals surface area contributed by atoms with E-state index in [0.717, 1.165) is 23.3 Å². The number of pyridine rings is 1. The summed E-state index contributed by atoms with van der Waals surface area (Å²) in [6.07, 6.45) is -3.47. The molecule has 12 heteroatoms. The highest BCUT2D eigenvalue weighted by Gasteiger charge is 2.35. The molecule has 9 nitrogen and oxygen atoms in total. The standard InChI is InChI=1S/C31H32F3N5O4.CH4/c1-19(17-37-42)38-28(40)23-10-8-21(9-11-23)15-26(24-7-5-6-22(14-24)16-35)20(2)39-29(41)30(3,4)43-27-13-12-25(18-36-27)31(32,33)34;/h5-14,18-20,26H,15,17H2,1-4H3,(H,38,40)(H,39,41);1H4. The van der Waals surface area contributed by atoms with Crippen LogP contribution in [0.25, 0.3) is 0 Å². The fourth-order valence-corrected chi connectivity index (χ4v) is 4.33. The maximum Gasteiger partial charge on any atom is 0.417 e. The fraction of sp³-hybridized carbons (Fsp3) is 0.375. The maximum absolute atomic E-state index is 13.3. The molecule has 234 valence electrons. The van der Waals surface area contributed by atoms with Crippen LogP contribution >= 0.6 is 0 Å². The lowest BCUT2D eigenvalue weighted by atomic mass is 9.85. The normalized spacial score (nSPS) is 13.3. The van der Waals surface area contributed by atoms with E-state index >= 15 is 0 Å². The van der Waals surface area contributed by atoms with E-state index in [2.05, 4.69) is 26.9 Å². The van der Waals surface area contributed by atoms with Crippen molar-refractivity contribution >= 4 is 11.8 Å². The zero-order valence-corrected chi connectivity index (χ0v) is 24.1. The molecular formula is C32H36F3N5O4. The highest BCUT2D eigenvalue weighted by atomic mass is 19.4. The average molecular weight is 612 g/mol. The van der Waals surface area contributed by atoms with Gasteiger partial charge in [0.15, 0.2) is 5.60 Å². The predicted molar refractivity (Wildman–Crippen MR) is 160 cm³/mol. The van der Waals surface area contributed by atoms with Gasteiger partial charge in [-0.2, -0.15) is 23.3 Å². The fourth-order valence-electron chi connectivity index (χ4n) is 4.33. The van der Waals surface area contributed by atoms with Gasteiger partial charge in [-0.15, -0.1) is 0 Å². The molecule has 0 radical (unpaired) electrons. The molecule has 3 aromatic rings. The number of carbonyl (C=O) groups excluding carboxylic acids is 2. The highest BCUT2D eigenvalue weighted by molar-refractivity contribution is 5.94. The van der Waals surface area contributed by atoms with Crippen molar-refractivity contribution in [1.29, 1.82) is 5.26 Å². The first-order valence-electron chi connectivity index (χ1n) is 13.5. The molecule has 0 saturated heterocycles. The number of halogens is 3. The van der Waals surface area contributed by atoms with Crippen LogP contribution in [-0.4, -0.2) is 41.0 Å². The third-order valence-electron chi connectivity index (χ3n) is 6.77. The first-order chi connectivity index (χ1) is 20.2. The molecule has 0 aliphatic rings. The van der Waals surface area contributed by atoms with Crippen molar-refractivity contribution in [3.05, 3.63) is 99.6 Å². The summed E-state index contributed by atoms with van der Waals surface area (Å²) in [7, 11) is 0. The van der Waals surface area contributed by atoms with E-state index in [1.165, 1.54) is 13.8 Å². The second-order valence-corrected chi connectivity index (χ2v) is 10.7. The second-order valence-electron chi connectivity index (χ2n) is 10.7. The molecule has 2 amide bonds. The molecule has 1 aromatic heterocycles. The topological polar surface area (TPSA) is 134 Å². The Morgan fingerprint density at radius 2 is 1.73 bits per heavy atom. The van der Waals surface area contributed by atoms with Gasteiger partial charge < -0.3 is 15.4 Å². The summed E-state index contributed by atoms with van der Waals surface area (Å²) in [5, 5.41) is 17.9. The largest absolute Gasteiger partial charge is 0.462 e. The number of aromatic nitrogens is 1. The lowest BCUT2D eigenvalue weighted by molar-refractivity contribution is -0.138. The molecule has 44 heavy (non-hydrogen) atoms. The monoisotopic (exact) mass is 611 g/mol. The Hall–Kier alpha value is -4.79. The lowest BCUT2D eigenvalue weighted by Gasteiger charge is -2.30. The predicted octanol–water partition coefficient (Wildman–Crippen LogP) is 6.18. The highest BCUT2D eigenvalue weighted by Crippen LogP contribution is 2.30. The van der Waals surface area contributed by atoms with Crippen LogP contribution in [0.5, 0.6) is 5.88 Å². The Morgan fingerprint density at radius 1 is 1.05 bits per heavy atom. The molecule has 2 N–H and O–H groups in total. The van der Waals surface area contributed by atoms with Crippen LogP contribution in [0.15, 0.2) is 72.0 Å². The van der Waals surface area contributed by atoms with Gasteiger partial charge in [0.1, 0.15) is 6.54 Å². The van der Waals surface area contributed by atoms with Crippen molar-refractivity contribution < 1.29 is 27.5 Å². The first-order valence-corrected chi connectivity index (χ1v) is 13.5. The minimum atomic E-state index is -4.55. The summed E-state index contributed by atoms with van der Waals surface area (Å²) < 4.78 is 44.3. The Kier molecular flexibility index (Phi) is 12.1. The SMILES string of the molecule is C.CC(CN=O)NC(=O)c1ccc(CC(c2cccc(C#N)c2)C(C)NC(=O)C(C)(C)Oc2ccc(C(F)(F)F)cn2)cc1. The van der Waals surface area contributed by atoms with Gasteiger partial charge in [-0.1, -0.05) is 36.9 Å². The molecule has 0 bridgehead atoms. The number of hydrogen-bond acceptors (Lipinski definition) is 7. The molecule has 0 aliphatic carbocycles. The molecule has 2 aromatic carbocycles. The van der Waals surface area contributed by atoms with Crippen LogP contribution in [-0.2, 0) is 17.4 Å². The molecule has 0 spiro atoms. The van der Waals surface area contributed by atoms with Crippen molar-refractivity contribution in [2.45, 2.75) is 71.3 Å². The number of alkyl halides is 3. The van der Waals surface area contributed by atoms with Gasteiger partial charge in [0, 0.05) is 35.8 Å². The van der Waals surface area contributed by atoms with E-state index in [9.17, 15) is 32.9 Å². The number of ether oxygens (including phenoxy) is 1. The van der Waals surface area contributed by atoms with Crippen molar-refractivity contribution in [3.63, 3.8) is 0 Å². The number of nitrogens with zero attached hydrogens (tertiary/aromatic N) is 3. The maximum atomic E-state index is 13.3. The third kappa shape index (κ3) is 9.62. The van der Waals surface area contributed by atoms with Crippen molar-refractivity contribution in [1.82, 2.24) is 15.6 Å². The van der Waals surface area contributed by atoms with Gasteiger partial charge in [-0.25, -0.2) is 4.98 Å². The van der Waals surface area contributed by atoms with Crippen LogP contribution in [0.3, 0.4) is 0 Å². The number of nitriles is 1. The zero-order valence-electron chi connectivity index (χ0n) is 24.1. The number of carbonyl (C=O) groups is 2. The zero-order chi connectivity index (χ0) is 31.8. The summed E-state index contributed by atoms with van der Waals surface area (Å²) in [6.45, 7) is 6.40. The average Bonchev–Trinajstić information content (AvgIpc) is 2.95. The molecule has 3 rings (SSSR count). The number of nitroso groups, excluding NO2 is 1. The van der Waals surface area contributed by atoms with Gasteiger partial charge in [-0.3, -0.25) is 9.59 Å². The lowest BCUT2D eigenvalue weighted by Crippen LogP contribution is -2.51. The van der Waals surface area contributed by atoms with Crippen LogP contribution in [0.1, 0.15) is 73.7 Å². The summed E-state index contributed by atoms with van der Waals surface area (Å²) in [5.74, 6) is -1.31. The first kappa shape index (κ1) is 35.4. The molecule has 1 heterocycles. The summed E-state index contributed by atoms with van der Waals surface area (Å²) >= 11 is 0. The summed E-state index contributed by atoms with van der Waals surface area (Å²) in [6, 6.07) is 17.0. The van der Waals surface area contributed by atoms with E-state index < -0.39 is 35.3 Å². The van der Waals surface area contributed by atoms with Crippen LogP contribution in [0.4, 0.5) is 13.2 Å². The van der Waals surface area contributed by atoms with Gasteiger partial charge >= 0.3 is 6.18 Å². The molecular weight excluding hydrogens is 575 g/mol. The van der Waals surface area contributed by atoms with Crippen LogP contribution in [0.2, 0.25) is 0 Å². The smallest absolute Gasteiger partial charge is 0.417 e. The number of hydrogen-bond donors (Lipinski definition) is 2. The third-order valence-corrected chi connectivity index (χ3v) is 6.77. The minimum Gasteiger partial charge on any atom is -0.462 e. The number of amides is 2. The van der Waals surface area contributed by atoms with E-state index in [1.54, 1.807) is 56.3 Å². The number of benzene rings is 2. The summed E-state index contributed by atoms with van der Waals surface area (Å²) in [4.78, 5) is 39.9. The van der Waals surface area contributed by atoms with Crippen LogP contribution in [0, 0.1) is 16.2 Å². The second kappa shape index (κ2) is 15.1. The Morgan fingerprint density at radius 3 is 2.30 bits per heavy atom. The number of nitrogens with one attached hydrogen (secondary N) is 2. The van der Waals surface area contributed by atoms with E-state index in [-0.39, 0.29) is 31.7 Å². The van der Waals surface area contributed by atoms with Gasteiger partial charge in [0.25, 0.3) is 11.8 Å². The molecule has 0 aliphatic heterocycles. The Balaban J connectivity index is 0.00000675. The van der Waals surface area contributed by atoms with E-state index in [1.807, 2.05) is 6.07 Å². The van der Waals surface area contributed by atoms with Gasteiger partial charge in [0.2, 0.25) is 5.88 Å². The van der Waals surface area contributed by atoms with Gasteiger partial charge in [-0.05, 0) is 75.6 Å². The van der Waals surface area contributed by atoms with Crippen molar-refractivity contribution in [2.75, 3.05) is 6.54 Å². The van der Waals surface area contributed by atoms with Gasteiger partial charge in [0.05, 0.1) is 17.2 Å². The quantitative estimate of drug-likeness (QED) is 0.235. The Labute approximate surface area is 254 Å². The molecule has 0 fully saturated rings. The molecule has 0 saturated carbocycles. The van der Waals surface area contributed by atoms with Crippen LogP contribution < -0.4 is 15.4 Å². The molecule has 3 unspecified atom stereocenters.